The standard InChI is InChI=1S/C24H41N/c1-6-17-9-11-22(4)20-8-7-18-16(2)19(25-5)10-12-23(18)15-24(20,23)14-13-21(17,22)3/h16-20,25H,6-15H2,1-5H3. The van der Waals surface area contributed by atoms with Crippen molar-refractivity contribution >= 4 is 0 Å². The summed E-state index contributed by atoms with van der Waals surface area (Å²) in [6.07, 6.45) is 15.3. The molecule has 5 aliphatic carbocycles. The SMILES string of the molecule is CCC1CCC2(C)C3CCC4C(C)C(NC)CCC45CC35CCC12C. The molecule has 9 atom stereocenters. The zero-order valence-corrected chi connectivity index (χ0v) is 17.5. The van der Waals surface area contributed by atoms with Gasteiger partial charge in [0.05, 0.1) is 0 Å². The third kappa shape index (κ3) is 1.72. The van der Waals surface area contributed by atoms with Crippen LogP contribution in [0.15, 0.2) is 0 Å². The van der Waals surface area contributed by atoms with Crippen LogP contribution in [0.1, 0.15) is 91.9 Å². The fraction of sp³-hybridized carbons (Fsp3) is 1.00. The first-order chi connectivity index (χ1) is 11.9. The van der Waals surface area contributed by atoms with Crippen molar-refractivity contribution in [1.29, 1.82) is 0 Å². The van der Waals surface area contributed by atoms with Gasteiger partial charge in [-0.05, 0) is 110 Å². The molecule has 1 N–H and O–H groups in total. The van der Waals surface area contributed by atoms with E-state index in [0.29, 0.717) is 10.8 Å². The normalized spacial score (nSPS) is 62.5. The summed E-state index contributed by atoms with van der Waals surface area (Å²) in [5.74, 6) is 3.96. The molecule has 1 heteroatoms. The summed E-state index contributed by atoms with van der Waals surface area (Å²) in [6.45, 7) is 10.5. The first-order valence-electron chi connectivity index (χ1n) is 11.6. The van der Waals surface area contributed by atoms with Gasteiger partial charge < -0.3 is 5.32 Å². The van der Waals surface area contributed by atoms with E-state index >= 15 is 0 Å². The highest BCUT2D eigenvalue weighted by Gasteiger charge is 2.80. The topological polar surface area (TPSA) is 12.0 Å². The van der Waals surface area contributed by atoms with Crippen molar-refractivity contribution in [2.24, 2.45) is 45.3 Å². The summed E-state index contributed by atoms with van der Waals surface area (Å²) in [6, 6.07) is 0.783. The van der Waals surface area contributed by atoms with Gasteiger partial charge in [0.25, 0.3) is 0 Å². The first kappa shape index (κ1) is 17.1. The predicted octanol–water partition coefficient (Wildman–Crippen LogP) is 6.03. The van der Waals surface area contributed by atoms with Crippen LogP contribution in [0.4, 0.5) is 0 Å². The maximum atomic E-state index is 3.66. The summed E-state index contributed by atoms with van der Waals surface area (Å²) < 4.78 is 0. The molecule has 5 aliphatic rings. The van der Waals surface area contributed by atoms with Gasteiger partial charge in [0.15, 0.2) is 0 Å². The average Bonchev–Trinajstić information content (AvgIpc) is 3.18. The Balaban J connectivity index is 1.50. The van der Waals surface area contributed by atoms with E-state index in [2.05, 4.69) is 40.1 Å². The summed E-state index contributed by atoms with van der Waals surface area (Å²) in [4.78, 5) is 0. The van der Waals surface area contributed by atoms with Crippen LogP contribution in [-0.2, 0) is 0 Å². The molecule has 5 saturated carbocycles. The van der Waals surface area contributed by atoms with Gasteiger partial charge in [-0.1, -0.05) is 34.1 Å². The van der Waals surface area contributed by atoms with Crippen LogP contribution in [-0.4, -0.2) is 13.1 Å². The summed E-state index contributed by atoms with van der Waals surface area (Å²) >= 11 is 0. The Morgan fingerprint density at radius 3 is 2.40 bits per heavy atom. The molecule has 0 saturated heterocycles. The second kappa shape index (κ2) is 5.06. The lowest BCUT2D eigenvalue weighted by molar-refractivity contribution is -0.130. The lowest BCUT2D eigenvalue weighted by Gasteiger charge is -2.62. The fourth-order valence-corrected chi connectivity index (χ4v) is 10.2. The Hall–Kier alpha value is -0.0400. The van der Waals surface area contributed by atoms with Crippen molar-refractivity contribution in [3.05, 3.63) is 0 Å². The molecule has 0 aliphatic heterocycles. The van der Waals surface area contributed by atoms with Gasteiger partial charge >= 0.3 is 0 Å². The Morgan fingerprint density at radius 2 is 1.68 bits per heavy atom. The zero-order valence-electron chi connectivity index (χ0n) is 17.5. The van der Waals surface area contributed by atoms with Gasteiger partial charge in [0.1, 0.15) is 0 Å². The smallest absolute Gasteiger partial charge is 0.00927 e. The second-order valence-corrected chi connectivity index (χ2v) is 11.5. The van der Waals surface area contributed by atoms with Crippen LogP contribution < -0.4 is 5.32 Å². The molecule has 0 radical (unpaired) electrons. The van der Waals surface area contributed by atoms with Gasteiger partial charge in [-0.3, -0.25) is 0 Å². The van der Waals surface area contributed by atoms with E-state index in [1.165, 1.54) is 44.9 Å². The number of nitrogens with one attached hydrogen (secondary N) is 1. The van der Waals surface area contributed by atoms with Crippen LogP contribution >= 0.6 is 0 Å². The van der Waals surface area contributed by atoms with Crippen molar-refractivity contribution in [2.45, 2.75) is 97.9 Å². The van der Waals surface area contributed by atoms with E-state index in [4.69, 9.17) is 0 Å². The predicted molar refractivity (Wildman–Crippen MR) is 105 cm³/mol. The highest BCUT2D eigenvalue weighted by Crippen LogP contribution is 2.88. The van der Waals surface area contributed by atoms with Crippen LogP contribution in [0.25, 0.3) is 0 Å². The van der Waals surface area contributed by atoms with Crippen LogP contribution in [0.5, 0.6) is 0 Å². The largest absolute Gasteiger partial charge is 0.317 e. The average molecular weight is 344 g/mol. The molecule has 142 valence electrons. The molecular formula is C24H41N. The highest BCUT2D eigenvalue weighted by molar-refractivity contribution is 5.29. The third-order valence-electron chi connectivity index (χ3n) is 11.8. The summed E-state index contributed by atoms with van der Waals surface area (Å²) in [7, 11) is 2.20. The second-order valence-electron chi connectivity index (χ2n) is 11.5. The minimum atomic E-state index is 0.641. The number of hydrogen-bond acceptors (Lipinski definition) is 1. The van der Waals surface area contributed by atoms with Gasteiger partial charge in [0.2, 0.25) is 0 Å². The highest BCUT2D eigenvalue weighted by atomic mass is 14.9. The Kier molecular flexibility index (Phi) is 3.46. The summed E-state index contributed by atoms with van der Waals surface area (Å²) in [5, 5.41) is 3.66. The van der Waals surface area contributed by atoms with Crippen LogP contribution in [0, 0.1) is 45.3 Å². The molecular weight excluding hydrogens is 302 g/mol. The molecule has 0 bridgehead atoms. The maximum absolute atomic E-state index is 3.66. The Labute approximate surface area is 156 Å². The van der Waals surface area contributed by atoms with Crippen molar-refractivity contribution in [2.75, 3.05) is 7.05 Å². The molecule has 5 fully saturated rings. The molecule has 9 unspecified atom stereocenters. The Morgan fingerprint density at radius 1 is 0.880 bits per heavy atom. The molecule has 0 aromatic rings. The van der Waals surface area contributed by atoms with E-state index in [9.17, 15) is 0 Å². The molecule has 2 spiro atoms. The van der Waals surface area contributed by atoms with Crippen LogP contribution in [0.3, 0.4) is 0 Å². The molecule has 0 amide bonds. The van der Waals surface area contributed by atoms with E-state index in [0.717, 1.165) is 40.5 Å². The lowest BCUT2D eigenvalue weighted by Crippen LogP contribution is -2.56. The molecule has 0 heterocycles. The molecule has 0 aromatic heterocycles. The maximum Gasteiger partial charge on any atom is 0.00927 e. The molecule has 1 nitrogen and oxygen atoms in total. The van der Waals surface area contributed by atoms with Crippen molar-refractivity contribution in [1.82, 2.24) is 5.32 Å². The van der Waals surface area contributed by atoms with Crippen molar-refractivity contribution in [3.63, 3.8) is 0 Å². The van der Waals surface area contributed by atoms with Crippen LogP contribution in [0.2, 0.25) is 0 Å². The Bertz CT molecular complexity index is 570. The molecule has 0 aromatic carbocycles. The van der Waals surface area contributed by atoms with E-state index in [-0.39, 0.29) is 0 Å². The minimum Gasteiger partial charge on any atom is -0.317 e. The van der Waals surface area contributed by atoms with Gasteiger partial charge in [0, 0.05) is 6.04 Å². The quantitative estimate of drug-likeness (QED) is 0.645. The van der Waals surface area contributed by atoms with E-state index < -0.39 is 0 Å². The monoisotopic (exact) mass is 343 g/mol. The molecule has 25 heavy (non-hydrogen) atoms. The van der Waals surface area contributed by atoms with Gasteiger partial charge in [-0.15, -0.1) is 0 Å². The van der Waals surface area contributed by atoms with Gasteiger partial charge in [-0.2, -0.15) is 0 Å². The van der Waals surface area contributed by atoms with E-state index in [1.807, 2.05) is 0 Å². The third-order valence-corrected chi connectivity index (χ3v) is 11.8. The van der Waals surface area contributed by atoms with E-state index in [1.54, 1.807) is 19.3 Å². The van der Waals surface area contributed by atoms with Gasteiger partial charge in [-0.25, -0.2) is 0 Å². The molecule has 5 rings (SSSR count). The number of fused-ring (bicyclic) bond motifs is 2. The first-order valence-corrected chi connectivity index (χ1v) is 11.6. The number of rotatable bonds is 2. The van der Waals surface area contributed by atoms with Crippen molar-refractivity contribution in [3.8, 4) is 0 Å². The lowest BCUT2D eigenvalue weighted by atomic mass is 9.43. The minimum absolute atomic E-state index is 0.641. The van der Waals surface area contributed by atoms with Crippen molar-refractivity contribution < 1.29 is 0 Å². The number of hydrogen-bond donors (Lipinski definition) is 1. The zero-order chi connectivity index (χ0) is 17.7. The fourth-order valence-electron chi connectivity index (χ4n) is 10.2. The summed E-state index contributed by atoms with van der Waals surface area (Å²) in [5.41, 5.74) is 2.81.